The largest absolute Gasteiger partial charge is 0.481 e. The predicted octanol–water partition coefficient (Wildman–Crippen LogP) is -2.22. The summed E-state index contributed by atoms with van der Waals surface area (Å²) in [5.74, 6) is -4.88. The van der Waals surface area contributed by atoms with E-state index in [4.69, 9.17) is 21.1 Å². The standard InChI is InChI=1S/C17H30N4O8/c1-8(2)6-12(16(27)20-11(17(28)29)4-5-13(23)24)21-14(25)9(3)19-15(26)10(18)7-22/h8-12,22H,4-7,18H2,1-3H3,(H,19,26)(H,20,27)(H,21,25)(H,23,24)(H,28,29). The normalized spacial score (nSPS) is 15.0. The molecule has 4 unspecified atom stereocenters. The molecular weight excluding hydrogens is 388 g/mol. The molecule has 0 fully saturated rings. The molecule has 12 nitrogen and oxygen atoms in total. The fourth-order valence-corrected chi connectivity index (χ4v) is 2.27. The van der Waals surface area contributed by atoms with E-state index in [1.165, 1.54) is 6.92 Å². The van der Waals surface area contributed by atoms with Gasteiger partial charge in [0.25, 0.3) is 0 Å². The lowest BCUT2D eigenvalue weighted by Crippen LogP contribution is -2.56. The highest BCUT2D eigenvalue weighted by atomic mass is 16.4. The van der Waals surface area contributed by atoms with Crippen LogP contribution < -0.4 is 21.7 Å². The molecule has 3 amide bonds. The van der Waals surface area contributed by atoms with Crippen LogP contribution in [0.25, 0.3) is 0 Å². The van der Waals surface area contributed by atoms with Gasteiger partial charge < -0.3 is 37.0 Å². The number of carbonyl (C=O) groups excluding carboxylic acids is 3. The van der Waals surface area contributed by atoms with Gasteiger partial charge in [-0.15, -0.1) is 0 Å². The number of nitrogens with two attached hydrogens (primary N) is 1. The molecule has 0 aliphatic heterocycles. The Balaban J connectivity index is 5.11. The van der Waals surface area contributed by atoms with Gasteiger partial charge in [-0.1, -0.05) is 13.8 Å². The fourth-order valence-electron chi connectivity index (χ4n) is 2.27. The SMILES string of the molecule is CC(C)CC(NC(=O)C(C)NC(=O)C(N)CO)C(=O)NC(CCC(=O)O)C(=O)O. The van der Waals surface area contributed by atoms with Crippen molar-refractivity contribution in [2.75, 3.05) is 6.61 Å². The summed E-state index contributed by atoms with van der Waals surface area (Å²) in [6.45, 7) is 4.33. The maximum Gasteiger partial charge on any atom is 0.326 e. The van der Waals surface area contributed by atoms with Crippen molar-refractivity contribution in [3.63, 3.8) is 0 Å². The third-order valence-corrected chi connectivity index (χ3v) is 3.89. The van der Waals surface area contributed by atoms with Gasteiger partial charge >= 0.3 is 11.9 Å². The molecule has 0 aromatic rings. The second-order valence-electron chi connectivity index (χ2n) is 7.04. The molecule has 29 heavy (non-hydrogen) atoms. The Bertz CT molecular complexity index is 610. The molecule has 0 saturated carbocycles. The highest BCUT2D eigenvalue weighted by molar-refractivity contribution is 5.93. The first-order chi connectivity index (χ1) is 13.4. The molecule has 0 aliphatic carbocycles. The average Bonchev–Trinajstić information content (AvgIpc) is 2.62. The number of aliphatic carboxylic acids is 2. The van der Waals surface area contributed by atoms with Crippen molar-refractivity contribution >= 4 is 29.7 Å². The van der Waals surface area contributed by atoms with Crippen LogP contribution in [0.4, 0.5) is 0 Å². The molecule has 0 radical (unpaired) electrons. The minimum absolute atomic E-state index is 0.0407. The molecular formula is C17H30N4O8. The molecule has 0 aliphatic rings. The lowest BCUT2D eigenvalue weighted by Gasteiger charge is -2.24. The van der Waals surface area contributed by atoms with Gasteiger partial charge in [-0.3, -0.25) is 19.2 Å². The Hall–Kier alpha value is -2.73. The Kier molecular flexibility index (Phi) is 11.5. The van der Waals surface area contributed by atoms with Gasteiger partial charge in [-0.2, -0.15) is 0 Å². The van der Waals surface area contributed by atoms with Crippen molar-refractivity contribution in [1.29, 1.82) is 0 Å². The number of aliphatic hydroxyl groups is 1. The number of nitrogens with one attached hydrogen (secondary N) is 3. The van der Waals surface area contributed by atoms with E-state index < -0.39 is 66.9 Å². The fraction of sp³-hybridized carbons (Fsp3) is 0.706. The Morgan fingerprint density at radius 3 is 1.86 bits per heavy atom. The summed E-state index contributed by atoms with van der Waals surface area (Å²) in [4.78, 5) is 58.4. The topological polar surface area (TPSA) is 208 Å². The predicted molar refractivity (Wildman–Crippen MR) is 100 cm³/mol. The van der Waals surface area contributed by atoms with E-state index in [-0.39, 0.29) is 18.8 Å². The van der Waals surface area contributed by atoms with E-state index in [1.807, 2.05) is 0 Å². The number of hydrogen-bond donors (Lipinski definition) is 7. The summed E-state index contributed by atoms with van der Waals surface area (Å²) in [5, 5.41) is 33.7. The maximum atomic E-state index is 12.5. The Morgan fingerprint density at radius 2 is 1.41 bits per heavy atom. The number of rotatable bonds is 13. The monoisotopic (exact) mass is 418 g/mol. The minimum Gasteiger partial charge on any atom is -0.481 e. The highest BCUT2D eigenvalue weighted by Gasteiger charge is 2.29. The summed E-state index contributed by atoms with van der Waals surface area (Å²) in [6, 6.07) is -4.79. The second-order valence-corrected chi connectivity index (χ2v) is 7.04. The van der Waals surface area contributed by atoms with Gasteiger partial charge in [-0.25, -0.2) is 4.79 Å². The van der Waals surface area contributed by atoms with Crippen LogP contribution in [0.2, 0.25) is 0 Å². The quantitative estimate of drug-likeness (QED) is 0.172. The number of carboxylic acid groups (broad SMARTS) is 2. The first kappa shape index (κ1) is 26.3. The Morgan fingerprint density at radius 1 is 0.862 bits per heavy atom. The van der Waals surface area contributed by atoms with Gasteiger partial charge in [-0.05, 0) is 25.7 Å². The summed E-state index contributed by atoms with van der Waals surface area (Å²) < 4.78 is 0. The first-order valence-corrected chi connectivity index (χ1v) is 9.11. The number of carbonyl (C=O) groups is 5. The van der Waals surface area contributed by atoms with Crippen LogP contribution >= 0.6 is 0 Å². The zero-order chi connectivity index (χ0) is 22.7. The molecule has 166 valence electrons. The van der Waals surface area contributed by atoms with Crippen LogP contribution in [0.5, 0.6) is 0 Å². The van der Waals surface area contributed by atoms with Crippen molar-refractivity contribution in [2.45, 2.75) is 64.2 Å². The van der Waals surface area contributed by atoms with E-state index >= 15 is 0 Å². The summed E-state index contributed by atoms with van der Waals surface area (Å²) in [6.07, 6.45) is -0.587. The molecule has 4 atom stereocenters. The van der Waals surface area contributed by atoms with Crippen molar-refractivity contribution < 1.29 is 39.3 Å². The van der Waals surface area contributed by atoms with Crippen molar-refractivity contribution in [1.82, 2.24) is 16.0 Å². The smallest absolute Gasteiger partial charge is 0.326 e. The van der Waals surface area contributed by atoms with Gasteiger partial charge in [0.05, 0.1) is 6.61 Å². The maximum absolute atomic E-state index is 12.5. The van der Waals surface area contributed by atoms with E-state index in [0.29, 0.717) is 0 Å². The van der Waals surface area contributed by atoms with Crippen LogP contribution in [0, 0.1) is 5.92 Å². The second kappa shape index (κ2) is 12.7. The molecule has 0 saturated heterocycles. The molecule has 0 spiro atoms. The number of hydrogen-bond acceptors (Lipinski definition) is 7. The Labute approximate surface area is 168 Å². The average molecular weight is 418 g/mol. The lowest BCUT2D eigenvalue weighted by molar-refractivity contribution is -0.143. The van der Waals surface area contributed by atoms with Crippen LogP contribution in [-0.4, -0.2) is 75.8 Å². The first-order valence-electron chi connectivity index (χ1n) is 9.11. The number of carboxylic acids is 2. The van der Waals surface area contributed by atoms with E-state index in [2.05, 4.69) is 16.0 Å². The van der Waals surface area contributed by atoms with Gasteiger partial charge in [0.2, 0.25) is 17.7 Å². The van der Waals surface area contributed by atoms with Gasteiger partial charge in [0, 0.05) is 6.42 Å². The zero-order valence-electron chi connectivity index (χ0n) is 16.7. The molecule has 12 heteroatoms. The number of amides is 3. The lowest BCUT2D eigenvalue weighted by atomic mass is 10.0. The van der Waals surface area contributed by atoms with Crippen molar-refractivity contribution in [2.24, 2.45) is 11.7 Å². The molecule has 0 aromatic heterocycles. The van der Waals surface area contributed by atoms with Crippen LogP contribution in [-0.2, 0) is 24.0 Å². The molecule has 0 aromatic carbocycles. The van der Waals surface area contributed by atoms with Crippen LogP contribution in [0.3, 0.4) is 0 Å². The van der Waals surface area contributed by atoms with Crippen molar-refractivity contribution in [3.05, 3.63) is 0 Å². The van der Waals surface area contributed by atoms with Crippen LogP contribution in [0.1, 0.15) is 40.0 Å². The summed E-state index contributed by atoms with van der Waals surface area (Å²) in [7, 11) is 0. The van der Waals surface area contributed by atoms with E-state index in [9.17, 15) is 24.0 Å². The summed E-state index contributed by atoms with van der Waals surface area (Å²) >= 11 is 0. The van der Waals surface area contributed by atoms with E-state index in [0.717, 1.165) is 0 Å². The summed E-state index contributed by atoms with van der Waals surface area (Å²) in [5.41, 5.74) is 5.36. The van der Waals surface area contributed by atoms with Crippen molar-refractivity contribution in [3.8, 4) is 0 Å². The number of aliphatic hydroxyl groups excluding tert-OH is 1. The molecule has 0 heterocycles. The highest BCUT2D eigenvalue weighted by Crippen LogP contribution is 2.07. The van der Waals surface area contributed by atoms with Gasteiger partial charge in [0.15, 0.2) is 0 Å². The third-order valence-electron chi connectivity index (χ3n) is 3.89. The van der Waals surface area contributed by atoms with Crippen LogP contribution in [0.15, 0.2) is 0 Å². The zero-order valence-corrected chi connectivity index (χ0v) is 16.7. The molecule has 0 bridgehead atoms. The molecule has 0 rings (SSSR count). The van der Waals surface area contributed by atoms with Gasteiger partial charge in [0.1, 0.15) is 24.2 Å². The van der Waals surface area contributed by atoms with E-state index in [1.54, 1.807) is 13.8 Å². The molecule has 8 N–H and O–H groups in total. The third kappa shape index (κ3) is 10.4. The minimum atomic E-state index is -1.43.